The third kappa shape index (κ3) is 6.35. The molecular formula is C21H28N2O4S. The van der Waals surface area contributed by atoms with Crippen LogP contribution in [0.25, 0.3) is 0 Å². The van der Waals surface area contributed by atoms with Crippen molar-refractivity contribution >= 4 is 21.6 Å². The number of aryl methyl sites for hydroxylation is 2. The van der Waals surface area contributed by atoms with E-state index in [-0.39, 0.29) is 16.9 Å². The molecule has 0 heterocycles. The summed E-state index contributed by atoms with van der Waals surface area (Å²) < 4.78 is 33.0. The second kappa shape index (κ2) is 9.71. The van der Waals surface area contributed by atoms with Gasteiger partial charge in [0.1, 0.15) is 0 Å². The van der Waals surface area contributed by atoms with Gasteiger partial charge < -0.3 is 10.1 Å². The second-order valence-electron chi connectivity index (χ2n) is 6.96. The van der Waals surface area contributed by atoms with Crippen LogP contribution in [0, 0.1) is 13.8 Å². The monoisotopic (exact) mass is 404 g/mol. The molecule has 0 aromatic heterocycles. The summed E-state index contributed by atoms with van der Waals surface area (Å²) in [5.41, 5.74) is 2.82. The normalized spacial score (nSPS) is 11.5. The Morgan fingerprint density at radius 3 is 2.32 bits per heavy atom. The van der Waals surface area contributed by atoms with E-state index in [1.165, 1.54) is 0 Å². The minimum Gasteiger partial charge on any atom is -0.379 e. The van der Waals surface area contributed by atoms with Gasteiger partial charge in [-0.1, -0.05) is 6.07 Å². The minimum atomic E-state index is -3.68. The molecule has 7 heteroatoms. The molecule has 0 spiro atoms. The molecule has 0 fully saturated rings. The first kappa shape index (κ1) is 21.9. The Kier molecular flexibility index (Phi) is 7.60. The number of hydrogen-bond acceptors (Lipinski definition) is 4. The molecular weight excluding hydrogens is 376 g/mol. The van der Waals surface area contributed by atoms with Gasteiger partial charge in [-0.2, -0.15) is 0 Å². The second-order valence-corrected chi connectivity index (χ2v) is 8.64. The van der Waals surface area contributed by atoms with E-state index in [2.05, 4.69) is 10.0 Å². The first-order valence-electron chi connectivity index (χ1n) is 9.29. The van der Waals surface area contributed by atoms with Crippen LogP contribution < -0.4 is 10.0 Å². The smallest absolute Gasteiger partial charge is 0.261 e. The highest BCUT2D eigenvalue weighted by molar-refractivity contribution is 7.92. The van der Waals surface area contributed by atoms with E-state index in [1.807, 2.05) is 27.7 Å². The van der Waals surface area contributed by atoms with E-state index in [0.29, 0.717) is 24.4 Å². The summed E-state index contributed by atoms with van der Waals surface area (Å²) in [7, 11) is -3.68. The first-order chi connectivity index (χ1) is 13.2. The molecule has 2 aromatic rings. The number of ether oxygens (including phenoxy) is 1. The number of carbonyl (C=O) groups is 1. The fourth-order valence-electron chi connectivity index (χ4n) is 2.48. The Bertz CT molecular complexity index is 907. The van der Waals surface area contributed by atoms with E-state index in [1.54, 1.807) is 42.5 Å². The maximum atomic E-state index is 12.5. The minimum absolute atomic E-state index is 0.177. The average Bonchev–Trinajstić information content (AvgIpc) is 2.63. The summed E-state index contributed by atoms with van der Waals surface area (Å²) in [6.07, 6.45) is 0.911. The molecule has 0 aliphatic rings. The van der Waals surface area contributed by atoms with Gasteiger partial charge in [0.25, 0.3) is 15.9 Å². The molecule has 2 N–H and O–H groups in total. The number of rotatable bonds is 9. The van der Waals surface area contributed by atoms with Crippen LogP contribution in [0.3, 0.4) is 0 Å². The molecule has 0 atom stereocenters. The molecule has 0 radical (unpaired) electrons. The number of carbonyl (C=O) groups excluding carboxylic acids is 1. The third-order valence-electron chi connectivity index (χ3n) is 4.25. The maximum absolute atomic E-state index is 12.5. The highest BCUT2D eigenvalue weighted by Gasteiger charge is 2.15. The lowest BCUT2D eigenvalue weighted by molar-refractivity contribution is 0.0757. The van der Waals surface area contributed by atoms with Crippen LogP contribution in [0.5, 0.6) is 0 Å². The lowest BCUT2D eigenvalue weighted by Crippen LogP contribution is -2.25. The van der Waals surface area contributed by atoms with Crippen molar-refractivity contribution in [2.45, 2.75) is 45.1 Å². The Morgan fingerprint density at radius 1 is 1.04 bits per heavy atom. The predicted octanol–water partition coefficient (Wildman–Crippen LogP) is 3.65. The molecule has 1 amide bonds. The fraction of sp³-hybridized carbons (Fsp3) is 0.381. The zero-order valence-corrected chi connectivity index (χ0v) is 17.6. The van der Waals surface area contributed by atoms with Crippen molar-refractivity contribution < 1.29 is 17.9 Å². The number of benzene rings is 2. The van der Waals surface area contributed by atoms with Gasteiger partial charge in [0, 0.05) is 24.4 Å². The Balaban J connectivity index is 1.94. The molecule has 0 aliphatic heterocycles. The van der Waals surface area contributed by atoms with Gasteiger partial charge in [-0.15, -0.1) is 0 Å². The van der Waals surface area contributed by atoms with Crippen molar-refractivity contribution in [2.75, 3.05) is 17.9 Å². The number of amides is 1. The van der Waals surface area contributed by atoms with Gasteiger partial charge in [-0.25, -0.2) is 8.42 Å². The summed E-state index contributed by atoms with van der Waals surface area (Å²) in [6.45, 7) is 8.85. The molecule has 28 heavy (non-hydrogen) atoms. The largest absolute Gasteiger partial charge is 0.379 e. The van der Waals surface area contributed by atoms with Gasteiger partial charge in [-0.05, 0) is 81.6 Å². The van der Waals surface area contributed by atoms with Crippen molar-refractivity contribution in [3.63, 3.8) is 0 Å². The summed E-state index contributed by atoms with van der Waals surface area (Å²) in [5, 5.41) is 2.82. The van der Waals surface area contributed by atoms with E-state index in [9.17, 15) is 13.2 Å². The average molecular weight is 405 g/mol. The third-order valence-corrected chi connectivity index (χ3v) is 5.62. The van der Waals surface area contributed by atoms with Crippen molar-refractivity contribution in [1.82, 2.24) is 5.32 Å². The standard InChI is InChI=1S/C21H28N2O4S/c1-15(2)27-13-5-12-22-21(24)18-7-9-19(10-8-18)23-28(25,26)20-11-6-16(3)17(4)14-20/h6-11,14-15,23H,5,12-13H2,1-4H3,(H,22,24). The van der Waals surface area contributed by atoms with Crippen molar-refractivity contribution in [3.05, 3.63) is 59.2 Å². The molecule has 6 nitrogen and oxygen atoms in total. The van der Waals surface area contributed by atoms with Gasteiger partial charge in [0.15, 0.2) is 0 Å². The molecule has 0 bridgehead atoms. The lowest BCUT2D eigenvalue weighted by atomic mass is 10.1. The van der Waals surface area contributed by atoms with Crippen LogP contribution in [0.1, 0.15) is 41.8 Å². The molecule has 0 saturated carbocycles. The number of anilines is 1. The lowest BCUT2D eigenvalue weighted by Gasteiger charge is -2.11. The fourth-order valence-corrected chi connectivity index (χ4v) is 3.62. The van der Waals surface area contributed by atoms with Crippen molar-refractivity contribution in [1.29, 1.82) is 0 Å². The summed E-state index contributed by atoms with van der Waals surface area (Å²) in [5.74, 6) is -0.201. The van der Waals surface area contributed by atoms with E-state index in [0.717, 1.165) is 17.5 Å². The van der Waals surface area contributed by atoms with E-state index < -0.39 is 10.0 Å². The molecule has 0 saturated heterocycles. The van der Waals surface area contributed by atoms with Gasteiger partial charge in [0.05, 0.1) is 11.0 Å². The predicted molar refractivity (Wildman–Crippen MR) is 111 cm³/mol. The van der Waals surface area contributed by atoms with Crippen LogP contribution in [-0.4, -0.2) is 33.6 Å². The zero-order chi connectivity index (χ0) is 20.7. The van der Waals surface area contributed by atoms with Crippen LogP contribution in [-0.2, 0) is 14.8 Å². The summed E-state index contributed by atoms with van der Waals surface area (Å²) in [6, 6.07) is 11.3. The molecule has 0 unspecified atom stereocenters. The van der Waals surface area contributed by atoms with Crippen molar-refractivity contribution in [3.8, 4) is 0 Å². The Morgan fingerprint density at radius 2 is 1.71 bits per heavy atom. The molecule has 2 aromatic carbocycles. The Labute approximate surface area is 167 Å². The quantitative estimate of drug-likeness (QED) is 0.625. The SMILES string of the molecule is Cc1ccc(S(=O)(=O)Nc2ccc(C(=O)NCCCOC(C)C)cc2)cc1C. The number of sulfonamides is 1. The van der Waals surface area contributed by atoms with Crippen LogP contribution in [0.15, 0.2) is 47.4 Å². The zero-order valence-electron chi connectivity index (χ0n) is 16.8. The Hall–Kier alpha value is -2.38. The number of hydrogen-bond donors (Lipinski definition) is 2. The number of nitrogens with one attached hydrogen (secondary N) is 2. The maximum Gasteiger partial charge on any atom is 0.261 e. The van der Waals surface area contributed by atoms with Crippen LogP contribution >= 0.6 is 0 Å². The van der Waals surface area contributed by atoms with Crippen molar-refractivity contribution in [2.24, 2.45) is 0 Å². The van der Waals surface area contributed by atoms with E-state index >= 15 is 0 Å². The molecule has 0 aliphatic carbocycles. The van der Waals surface area contributed by atoms with E-state index in [4.69, 9.17) is 4.74 Å². The van der Waals surface area contributed by atoms with Crippen LogP contribution in [0.2, 0.25) is 0 Å². The van der Waals surface area contributed by atoms with Gasteiger partial charge in [0.2, 0.25) is 0 Å². The molecule has 152 valence electrons. The summed E-state index contributed by atoms with van der Waals surface area (Å²) >= 11 is 0. The first-order valence-corrected chi connectivity index (χ1v) is 10.8. The summed E-state index contributed by atoms with van der Waals surface area (Å²) in [4.78, 5) is 12.3. The molecule has 2 rings (SSSR count). The van der Waals surface area contributed by atoms with Gasteiger partial charge in [-0.3, -0.25) is 9.52 Å². The highest BCUT2D eigenvalue weighted by atomic mass is 32.2. The highest BCUT2D eigenvalue weighted by Crippen LogP contribution is 2.19. The van der Waals surface area contributed by atoms with Crippen LogP contribution in [0.4, 0.5) is 5.69 Å². The van der Waals surface area contributed by atoms with Gasteiger partial charge >= 0.3 is 0 Å². The topological polar surface area (TPSA) is 84.5 Å².